The number of amidine groups is 1. The van der Waals surface area contributed by atoms with Crippen LogP contribution in [0.25, 0.3) is 0 Å². The van der Waals surface area contributed by atoms with E-state index < -0.39 is 9.84 Å². The Morgan fingerprint density at radius 2 is 1.60 bits per heavy atom. The Morgan fingerprint density at radius 3 is 2.29 bits per heavy atom. The van der Waals surface area contributed by atoms with Crippen molar-refractivity contribution in [3.8, 4) is 17.2 Å². The van der Waals surface area contributed by atoms with Crippen molar-refractivity contribution in [3.05, 3.63) is 84.4 Å². The summed E-state index contributed by atoms with van der Waals surface area (Å²) in [6, 6.07) is 23.9. The van der Waals surface area contributed by atoms with Gasteiger partial charge in [0, 0.05) is 10.9 Å². The van der Waals surface area contributed by atoms with Crippen LogP contribution in [0.5, 0.6) is 17.2 Å². The second-order valence-corrected chi connectivity index (χ2v) is 11.8. The van der Waals surface area contributed by atoms with Crippen molar-refractivity contribution < 1.29 is 22.7 Å². The summed E-state index contributed by atoms with van der Waals surface area (Å²) in [7, 11) is -1.55. The Balaban J connectivity index is 1.38. The molecule has 0 saturated carbocycles. The van der Waals surface area contributed by atoms with E-state index in [9.17, 15) is 13.2 Å². The van der Waals surface area contributed by atoms with Crippen LogP contribution in [-0.4, -0.2) is 49.4 Å². The second-order valence-electron chi connectivity index (χ2n) is 8.39. The van der Waals surface area contributed by atoms with Crippen LogP contribution in [0.2, 0.25) is 0 Å². The van der Waals surface area contributed by atoms with Crippen molar-refractivity contribution in [2.24, 2.45) is 4.99 Å². The Bertz CT molecular complexity index is 1340. The number of methoxy groups -OCH3 is 1. The molecule has 0 radical (unpaired) electrons. The molecule has 0 aliphatic carbocycles. The molecule has 2 atom stereocenters. The van der Waals surface area contributed by atoms with Crippen molar-refractivity contribution in [1.82, 2.24) is 0 Å². The number of hydrogen-bond acceptors (Lipinski definition) is 6. The minimum absolute atomic E-state index is 0.0403. The highest BCUT2D eigenvalue weighted by molar-refractivity contribution is 8.16. The molecule has 180 valence electrons. The van der Waals surface area contributed by atoms with Gasteiger partial charge in [-0.1, -0.05) is 42.1 Å². The number of para-hydroxylation sites is 1. The molecule has 2 aliphatic heterocycles. The fourth-order valence-corrected chi connectivity index (χ4v) is 8.16. The number of carbonyl (C=O) groups excluding carboxylic acids is 1. The minimum atomic E-state index is -3.14. The van der Waals surface area contributed by atoms with E-state index in [0.29, 0.717) is 10.9 Å². The monoisotopic (exact) mass is 508 g/mol. The molecule has 0 spiro atoms. The molecule has 2 heterocycles. The molecule has 5 rings (SSSR count). The first-order chi connectivity index (χ1) is 16.9. The molecule has 0 bridgehead atoms. The van der Waals surface area contributed by atoms with E-state index in [-0.39, 0.29) is 35.1 Å². The number of sulfone groups is 1. The number of carbonyl (C=O) groups is 1. The quantitative estimate of drug-likeness (QED) is 0.490. The van der Waals surface area contributed by atoms with Gasteiger partial charge in [0.15, 0.2) is 15.0 Å². The highest BCUT2D eigenvalue weighted by atomic mass is 32.2. The normalized spacial score (nSPS) is 21.6. The molecule has 35 heavy (non-hydrogen) atoms. The predicted octanol–water partition coefficient (Wildman–Crippen LogP) is 4.33. The summed E-state index contributed by atoms with van der Waals surface area (Å²) >= 11 is 1.36. The van der Waals surface area contributed by atoms with Crippen molar-refractivity contribution in [2.75, 3.05) is 23.5 Å². The maximum atomic E-state index is 12.8. The molecule has 0 aromatic heterocycles. The zero-order valence-electron chi connectivity index (χ0n) is 19.0. The largest absolute Gasteiger partial charge is 0.497 e. The molecule has 2 fully saturated rings. The lowest BCUT2D eigenvalue weighted by molar-refractivity contribution is -0.117. The zero-order chi connectivity index (χ0) is 24.4. The fourth-order valence-electron chi connectivity index (χ4n) is 4.23. The lowest BCUT2D eigenvalue weighted by atomic mass is 10.1. The highest BCUT2D eigenvalue weighted by Gasteiger charge is 2.49. The molecule has 3 aromatic carbocycles. The van der Waals surface area contributed by atoms with Crippen LogP contribution in [-0.2, 0) is 21.1 Å². The molecule has 2 aliphatic rings. The third-order valence-corrected chi connectivity index (χ3v) is 9.10. The average molecular weight is 509 g/mol. The van der Waals surface area contributed by atoms with Gasteiger partial charge in [0.1, 0.15) is 17.2 Å². The van der Waals surface area contributed by atoms with Crippen LogP contribution in [0.3, 0.4) is 0 Å². The topological polar surface area (TPSA) is 85.3 Å². The van der Waals surface area contributed by atoms with E-state index in [1.54, 1.807) is 19.2 Å². The van der Waals surface area contributed by atoms with E-state index >= 15 is 0 Å². The summed E-state index contributed by atoms with van der Waals surface area (Å²) in [5.74, 6) is 1.95. The van der Waals surface area contributed by atoms with Gasteiger partial charge in [-0.2, -0.15) is 4.99 Å². The van der Waals surface area contributed by atoms with Gasteiger partial charge in [0.05, 0.1) is 31.1 Å². The van der Waals surface area contributed by atoms with Crippen molar-refractivity contribution in [3.63, 3.8) is 0 Å². The van der Waals surface area contributed by atoms with Gasteiger partial charge in [-0.05, 0) is 54.1 Å². The van der Waals surface area contributed by atoms with Crippen LogP contribution in [0, 0.1) is 0 Å². The summed E-state index contributed by atoms with van der Waals surface area (Å²) in [6.45, 7) is 0. The Labute approximate surface area is 208 Å². The highest BCUT2D eigenvalue weighted by Crippen LogP contribution is 2.41. The molecular weight excluding hydrogens is 484 g/mol. The zero-order valence-corrected chi connectivity index (χ0v) is 20.7. The molecule has 0 N–H and O–H groups in total. The van der Waals surface area contributed by atoms with Crippen LogP contribution in [0.1, 0.15) is 5.56 Å². The number of nitrogens with zero attached hydrogens (tertiary/aromatic N) is 2. The van der Waals surface area contributed by atoms with E-state index in [2.05, 4.69) is 4.99 Å². The Hall–Kier alpha value is -3.30. The number of amides is 1. The van der Waals surface area contributed by atoms with Crippen LogP contribution in [0.15, 0.2) is 83.9 Å². The van der Waals surface area contributed by atoms with Gasteiger partial charge in [0.25, 0.3) is 5.91 Å². The molecule has 7 nitrogen and oxygen atoms in total. The van der Waals surface area contributed by atoms with Crippen molar-refractivity contribution in [2.45, 2.75) is 17.7 Å². The molecule has 3 aromatic rings. The Kier molecular flexibility index (Phi) is 6.53. The van der Waals surface area contributed by atoms with Gasteiger partial charge < -0.3 is 14.4 Å². The SMILES string of the molecule is COc1ccc(CC(=O)N=C2S[C@H]3CS(=O)(=O)C[C@H]3N2c2ccc(Oc3ccccc3)cc2)cc1. The second kappa shape index (κ2) is 9.75. The van der Waals surface area contributed by atoms with Crippen molar-refractivity contribution in [1.29, 1.82) is 0 Å². The van der Waals surface area contributed by atoms with Crippen molar-refractivity contribution >= 4 is 38.4 Å². The summed E-state index contributed by atoms with van der Waals surface area (Å²) in [6.07, 6.45) is 0.152. The van der Waals surface area contributed by atoms with Crippen LogP contribution < -0.4 is 14.4 Å². The number of anilines is 1. The summed E-state index contributed by atoms with van der Waals surface area (Å²) in [5, 5.41) is 0.373. The number of fused-ring (bicyclic) bond motifs is 1. The molecule has 9 heteroatoms. The lowest BCUT2D eigenvalue weighted by Crippen LogP contribution is -2.37. The fraction of sp³-hybridized carbons (Fsp3) is 0.231. The van der Waals surface area contributed by atoms with Gasteiger partial charge in [0.2, 0.25) is 0 Å². The number of rotatable bonds is 6. The van der Waals surface area contributed by atoms with E-state index in [0.717, 1.165) is 22.7 Å². The molecule has 2 saturated heterocycles. The number of thioether (sulfide) groups is 1. The summed E-state index contributed by atoms with van der Waals surface area (Å²) in [5.41, 5.74) is 1.61. The first-order valence-electron chi connectivity index (χ1n) is 11.1. The minimum Gasteiger partial charge on any atom is -0.497 e. The third kappa shape index (κ3) is 5.36. The first-order valence-corrected chi connectivity index (χ1v) is 13.8. The third-order valence-electron chi connectivity index (χ3n) is 5.90. The van der Waals surface area contributed by atoms with Gasteiger partial charge in [-0.15, -0.1) is 0 Å². The maximum Gasteiger partial charge on any atom is 0.252 e. The van der Waals surface area contributed by atoms with Crippen LogP contribution in [0.4, 0.5) is 5.69 Å². The number of benzene rings is 3. The number of hydrogen-bond donors (Lipinski definition) is 0. The maximum absolute atomic E-state index is 12.8. The van der Waals surface area contributed by atoms with Crippen LogP contribution >= 0.6 is 11.8 Å². The van der Waals surface area contributed by atoms with Gasteiger partial charge in [-0.25, -0.2) is 8.42 Å². The molecular formula is C26H24N2O5S2. The number of ether oxygens (including phenoxy) is 2. The summed E-state index contributed by atoms with van der Waals surface area (Å²) in [4.78, 5) is 19.1. The molecule has 1 amide bonds. The molecule has 0 unspecified atom stereocenters. The smallest absolute Gasteiger partial charge is 0.252 e. The first kappa shape index (κ1) is 23.4. The lowest BCUT2D eigenvalue weighted by Gasteiger charge is -2.24. The van der Waals surface area contributed by atoms with E-state index in [1.165, 1.54) is 11.8 Å². The standard InChI is InChI=1S/C26H24N2O5S2/c1-32-20-11-7-18(8-12-20)15-25(29)27-26-28(23-16-35(30,31)17-24(23)34-26)19-9-13-22(14-10-19)33-21-5-3-2-4-6-21/h2-14,23-24H,15-17H2,1H3/t23-,24+/m1/s1. The van der Waals surface area contributed by atoms with E-state index in [4.69, 9.17) is 9.47 Å². The number of aliphatic imine (C=N–C) groups is 1. The predicted molar refractivity (Wildman–Crippen MR) is 138 cm³/mol. The van der Waals surface area contributed by atoms with Gasteiger partial charge in [-0.3, -0.25) is 4.79 Å². The average Bonchev–Trinajstić information content (AvgIpc) is 3.31. The summed E-state index contributed by atoms with van der Waals surface area (Å²) < 4.78 is 35.7. The van der Waals surface area contributed by atoms with Gasteiger partial charge >= 0.3 is 0 Å². The van der Waals surface area contributed by atoms with E-state index in [1.807, 2.05) is 71.6 Å². The Morgan fingerprint density at radius 1 is 0.943 bits per heavy atom.